The summed E-state index contributed by atoms with van der Waals surface area (Å²) in [5, 5.41) is 2.43. The Bertz CT molecular complexity index is 751. The van der Waals surface area contributed by atoms with E-state index in [-0.39, 0.29) is 25.5 Å². The van der Waals surface area contributed by atoms with Crippen LogP contribution in [0.5, 0.6) is 0 Å². The van der Waals surface area contributed by atoms with Gasteiger partial charge in [-0.3, -0.25) is 11.1 Å². The summed E-state index contributed by atoms with van der Waals surface area (Å²) in [5.41, 5.74) is 0.810. The van der Waals surface area contributed by atoms with Crippen LogP contribution in [0.2, 0.25) is 0 Å². The SMILES string of the molecule is [C-]1=CC2C3C=CC1(c1cc4ccccc4cn1)C=CC23.[Ir]. The molecule has 1 saturated carbocycles. The Morgan fingerprint density at radius 3 is 2.43 bits per heavy atom. The summed E-state index contributed by atoms with van der Waals surface area (Å²) in [7, 11) is 0. The first-order chi connectivity index (χ1) is 9.86. The van der Waals surface area contributed by atoms with Crippen LogP contribution in [0.1, 0.15) is 5.69 Å². The summed E-state index contributed by atoms with van der Waals surface area (Å²) >= 11 is 0. The second-order valence-corrected chi connectivity index (χ2v) is 6.05. The summed E-state index contributed by atoms with van der Waals surface area (Å²) in [4.78, 5) is 4.71. The minimum Gasteiger partial charge on any atom is -0.480 e. The normalized spacial score (nSPS) is 34.4. The number of benzene rings is 1. The number of hydrogen-bond donors (Lipinski definition) is 0. The summed E-state index contributed by atoms with van der Waals surface area (Å²) in [6.07, 6.45) is 17.1. The van der Waals surface area contributed by atoms with E-state index in [9.17, 15) is 0 Å². The molecule has 2 aromatic rings. The summed E-state index contributed by atoms with van der Waals surface area (Å²) < 4.78 is 0. The second-order valence-electron chi connectivity index (χ2n) is 6.05. The van der Waals surface area contributed by atoms with Crippen molar-refractivity contribution in [3.63, 3.8) is 0 Å². The van der Waals surface area contributed by atoms with Crippen LogP contribution in [0.25, 0.3) is 10.8 Å². The molecule has 1 aromatic carbocycles. The fraction of sp³-hybridized carbons (Fsp3) is 0.211. The van der Waals surface area contributed by atoms with Crippen LogP contribution in [-0.4, -0.2) is 4.98 Å². The third-order valence-corrected chi connectivity index (χ3v) is 4.92. The number of hydrogen-bond acceptors (Lipinski definition) is 1. The van der Waals surface area contributed by atoms with Gasteiger partial charge in [-0.05, 0) is 29.2 Å². The molecule has 1 nitrogen and oxygen atoms in total. The van der Waals surface area contributed by atoms with E-state index in [0.717, 1.165) is 5.69 Å². The van der Waals surface area contributed by atoms with Gasteiger partial charge < -0.3 is 6.08 Å². The molecule has 2 heteroatoms. The topological polar surface area (TPSA) is 12.9 Å². The van der Waals surface area contributed by atoms with E-state index < -0.39 is 0 Å². The Hall–Kier alpha value is -1.50. The quantitative estimate of drug-likeness (QED) is 0.477. The van der Waals surface area contributed by atoms with Gasteiger partial charge in [0.25, 0.3) is 0 Å². The number of nitrogens with zero attached hydrogens (tertiary/aromatic N) is 1. The van der Waals surface area contributed by atoms with Gasteiger partial charge in [0.1, 0.15) is 0 Å². The molecule has 1 radical (unpaired) electrons. The van der Waals surface area contributed by atoms with E-state index in [1.807, 2.05) is 6.20 Å². The van der Waals surface area contributed by atoms with Crippen molar-refractivity contribution in [1.82, 2.24) is 4.98 Å². The van der Waals surface area contributed by atoms with Gasteiger partial charge in [-0.25, -0.2) is 0 Å². The molecule has 0 saturated heterocycles. The maximum atomic E-state index is 4.71. The fourth-order valence-electron chi connectivity index (χ4n) is 3.59. The van der Waals surface area contributed by atoms with Crippen molar-refractivity contribution >= 4 is 10.8 Å². The largest absolute Gasteiger partial charge is 0.480 e. The molecule has 0 spiro atoms. The number of allylic oxidation sites excluding steroid dienone is 6. The maximum Gasteiger partial charge on any atom is 0.0349 e. The third-order valence-electron chi connectivity index (χ3n) is 4.92. The Labute approximate surface area is 137 Å². The van der Waals surface area contributed by atoms with Gasteiger partial charge in [0.05, 0.1) is 0 Å². The van der Waals surface area contributed by atoms with Gasteiger partial charge in [0, 0.05) is 37.4 Å². The van der Waals surface area contributed by atoms with Gasteiger partial charge in [-0.2, -0.15) is 0 Å². The zero-order valence-electron chi connectivity index (χ0n) is 11.4. The average molecular weight is 449 g/mol. The maximum absolute atomic E-state index is 4.71. The Morgan fingerprint density at radius 1 is 0.952 bits per heavy atom. The van der Waals surface area contributed by atoms with E-state index >= 15 is 0 Å². The van der Waals surface area contributed by atoms with Gasteiger partial charge in [-0.1, -0.05) is 41.8 Å². The first-order valence-electron chi connectivity index (χ1n) is 7.21. The molecule has 4 aliphatic carbocycles. The molecule has 1 fully saturated rings. The van der Waals surface area contributed by atoms with Gasteiger partial charge >= 0.3 is 0 Å². The van der Waals surface area contributed by atoms with Crippen molar-refractivity contribution in [3.8, 4) is 0 Å². The zero-order chi connectivity index (χ0) is 13.2. The van der Waals surface area contributed by atoms with Gasteiger partial charge in [0.2, 0.25) is 0 Å². The molecule has 21 heavy (non-hydrogen) atoms. The molecule has 105 valence electrons. The minimum atomic E-state index is -0.262. The van der Waals surface area contributed by atoms with Crippen LogP contribution in [0.3, 0.4) is 0 Å². The third kappa shape index (κ3) is 1.83. The smallest absolute Gasteiger partial charge is 0.0349 e. The van der Waals surface area contributed by atoms with E-state index in [1.165, 1.54) is 10.8 Å². The molecule has 1 aromatic heterocycles. The minimum absolute atomic E-state index is 0. The van der Waals surface area contributed by atoms with Gasteiger partial charge in [0.15, 0.2) is 0 Å². The monoisotopic (exact) mass is 449 g/mol. The van der Waals surface area contributed by atoms with E-state index in [0.29, 0.717) is 17.8 Å². The van der Waals surface area contributed by atoms with Crippen molar-refractivity contribution in [2.24, 2.45) is 17.8 Å². The van der Waals surface area contributed by atoms with Crippen LogP contribution in [0.4, 0.5) is 0 Å². The molecule has 0 aliphatic heterocycles. The second kappa shape index (κ2) is 4.50. The van der Waals surface area contributed by atoms with E-state index in [4.69, 9.17) is 4.98 Å². The van der Waals surface area contributed by atoms with Crippen molar-refractivity contribution in [1.29, 1.82) is 0 Å². The molecule has 2 unspecified atom stereocenters. The van der Waals surface area contributed by atoms with Gasteiger partial charge in [-0.15, -0.1) is 12.2 Å². The molecular weight excluding hydrogens is 434 g/mol. The van der Waals surface area contributed by atoms with Crippen molar-refractivity contribution in [2.75, 3.05) is 0 Å². The first kappa shape index (κ1) is 13.2. The molecule has 1 heterocycles. The fourth-order valence-corrected chi connectivity index (χ4v) is 3.59. The predicted octanol–water partition coefficient (Wildman–Crippen LogP) is 3.83. The number of rotatable bonds is 1. The summed E-state index contributed by atoms with van der Waals surface area (Å²) in [6.45, 7) is 0. The molecule has 2 atom stereocenters. The molecule has 4 bridgehead atoms. The molecule has 4 aliphatic rings. The number of fused-ring (bicyclic) bond motifs is 1. The van der Waals surface area contributed by atoms with Crippen molar-refractivity contribution in [3.05, 3.63) is 78.7 Å². The van der Waals surface area contributed by atoms with E-state index in [2.05, 4.69) is 66.8 Å². The first-order valence-corrected chi connectivity index (χ1v) is 7.21. The number of aromatic nitrogens is 1. The van der Waals surface area contributed by atoms with E-state index in [1.54, 1.807) is 0 Å². The molecular formula is C19H14IrN-. The molecule has 0 N–H and O–H groups in total. The summed E-state index contributed by atoms with van der Waals surface area (Å²) in [5.74, 6) is 2.07. The van der Waals surface area contributed by atoms with Crippen LogP contribution in [-0.2, 0) is 25.5 Å². The van der Waals surface area contributed by atoms with Crippen LogP contribution < -0.4 is 0 Å². The van der Waals surface area contributed by atoms with Crippen LogP contribution in [0.15, 0.2) is 66.9 Å². The predicted molar refractivity (Wildman–Crippen MR) is 80.0 cm³/mol. The summed E-state index contributed by atoms with van der Waals surface area (Å²) in [6, 6.07) is 10.6. The van der Waals surface area contributed by atoms with Crippen molar-refractivity contribution < 1.29 is 20.1 Å². The molecule has 6 rings (SSSR count). The van der Waals surface area contributed by atoms with Crippen LogP contribution >= 0.6 is 0 Å². The van der Waals surface area contributed by atoms with Crippen LogP contribution in [0, 0.1) is 23.8 Å². The Kier molecular flexibility index (Phi) is 2.82. The number of pyridine rings is 1. The van der Waals surface area contributed by atoms with Crippen molar-refractivity contribution in [2.45, 2.75) is 5.41 Å². The average Bonchev–Trinajstić information content (AvgIpc) is 3.24. The Balaban J connectivity index is 0.00000115. The Morgan fingerprint density at radius 2 is 1.67 bits per heavy atom. The zero-order valence-corrected chi connectivity index (χ0v) is 13.8. The molecule has 0 amide bonds. The standard InChI is InChI=1S/C19H14N.Ir/c1-2-4-14-12-20-18(11-13(14)3-1)19-8-5-15-16(6-9-19)17(15)7-10-19;/h1-9,11-12,15-17H;/q-1;.